The molecule has 22 heavy (non-hydrogen) atoms. The lowest BCUT2D eigenvalue weighted by atomic mass is 10.1. The molecule has 0 saturated carbocycles. The highest BCUT2D eigenvalue weighted by atomic mass is 16.5. The molecule has 116 valence electrons. The van der Waals surface area contributed by atoms with E-state index in [4.69, 9.17) is 19.3 Å². The molecule has 0 aliphatic heterocycles. The van der Waals surface area contributed by atoms with Crippen molar-refractivity contribution in [3.63, 3.8) is 0 Å². The van der Waals surface area contributed by atoms with Gasteiger partial charge in [0.05, 0.1) is 20.8 Å². The average Bonchev–Trinajstić information content (AvgIpc) is 2.58. The molecule has 1 N–H and O–H groups in total. The summed E-state index contributed by atoms with van der Waals surface area (Å²) < 4.78 is 16.7. The highest BCUT2D eigenvalue weighted by molar-refractivity contribution is 5.62. The maximum atomic E-state index is 8.87. The van der Waals surface area contributed by atoms with Crippen molar-refractivity contribution in [1.29, 1.82) is 0 Å². The number of methoxy groups -OCH3 is 2. The standard InChI is InChI=1S/C18H20O4/c1-20-16-11-15(9-6-10-19)12-17(21-2)18(16)22-13-14-7-4-3-5-8-14/h3-9,11-12,19H,10,13H2,1-2H3/b9-6+. The summed E-state index contributed by atoms with van der Waals surface area (Å²) >= 11 is 0. The third kappa shape index (κ3) is 4.02. The zero-order chi connectivity index (χ0) is 15.8. The Hall–Kier alpha value is -2.46. The molecule has 0 fully saturated rings. The zero-order valence-corrected chi connectivity index (χ0v) is 12.8. The molecule has 0 amide bonds. The van der Waals surface area contributed by atoms with Crippen LogP contribution in [0.2, 0.25) is 0 Å². The van der Waals surface area contributed by atoms with Crippen LogP contribution in [0, 0.1) is 0 Å². The predicted octanol–water partition coefficient (Wildman–Crippen LogP) is 3.29. The van der Waals surface area contributed by atoms with Gasteiger partial charge in [0.15, 0.2) is 11.5 Å². The SMILES string of the molecule is COc1cc(/C=C/CO)cc(OC)c1OCc1ccccc1. The van der Waals surface area contributed by atoms with Crippen LogP contribution >= 0.6 is 0 Å². The number of hydrogen-bond donors (Lipinski definition) is 1. The molecular formula is C18H20O4. The first-order chi connectivity index (χ1) is 10.8. The molecular weight excluding hydrogens is 280 g/mol. The molecule has 0 atom stereocenters. The zero-order valence-electron chi connectivity index (χ0n) is 12.8. The Labute approximate surface area is 130 Å². The van der Waals surface area contributed by atoms with Crippen molar-refractivity contribution >= 4 is 6.08 Å². The van der Waals surface area contributed by atoms with Gasteiger partial charge in [0.2, 0.25) is 5.75 Å². The van der Waals surface area contributed by atoms with Gasteiger partial charge in [-0.25, -0.2) is 0 Å². The maximum absolute atomic E-state index is 8.87. The number of aliphatic hydroxyl groups excluding tert-OH is 1. The molecule has 2 aromatic carbocycles. The first-order valence-electron chi connectivity index (χ1n) is 6.98. The predicted molar refractivity (Wildman–Crippen MR) is 86.4 cm³/mol. The number of benzene rings is 2. The quantitative estimate of drug-likeness (QED) is 0.852. The normalized spacial score (nSPS) is 10.7. The van der Waals surface area contributed by atoms with Gasteiger partial charge < -0.3 is 19.3 Å². The minimum atomic E-state index is -0.0170. The molecule has 2 rings (SSSR count). The van der Waals surface area contributed by atoms with Crippen LogP contribution in [0.1, 0.15) is 11.1 Å². The van der Waals surface area contributed by atoms with E-state index in [9.17, 15) is 0 Å². The lowest BCUT2D eigenvalue weighted by molar-refractivity contribution is 0.266. The first kappa shape index (κ1) is 15.9. The summed E-state index contributed by atoms with van der Waals surface area (Å²) in [5.74, 6) is 1.75. The van der Waals surface area contributed by atoms with Gasteiger partial charge in [-0.05, 0) is 23.3 Å². The Morgan fingerprint density at radius 1 is 1.00 bits per heavy atom. The fraction of sp³-hybridized carbons (Fsp3) is 0.222. The monoisotopic (exact) mass is 300 g/mol. The van der Waals surface area contributed by atoms with Crippen LogP contribution in [-0.4, -0.2) is 25.9 Å². The Morgan fingerprint density at radius 3 is 2.18 bits per heavy atom. The van der Waals surface area contributed by atoms with Crippen LogP contribution in [0.4, 0.5) is 0 Å². The van der Waals surface area contributed by atoms with E-state index in [2.05, 4.69) is 0 Å². The Morgan fingerprint density at radius 2 is 1.64 bits per heavy atom. The molecule has 4 heteroatoms. The fourth-order valence-electron chi connectivity index (χ4n) is 2.06. The molecule has 0 radical (unpaired) electrons. The molecule has 0 aromatic heterocycles. The van der Waals surface area contributed by atoms with Gasteiger partial charge in [-0.2, -0.15) is 0 Å². The molecule has 2 aromatic rings. The summed E-state index contributed by atoms with van der Waals surface area (Å²) in [5.41, 5.74) is 1.94. The number of ether oxygens (including phenoxy) is 3. The largest absolute Gasteiger partial charge is 0.493 e. The minimum absolute atomic E-state index is 0.0170. The third-order valence-electron chi connectivity index (χ3n) is 3.12. The van der Waals surface area contributed by atoms with E-state index in [0.717, 1.165) is 11.1 Å². The van der Waals surface area contributed by atoms with Crippen LogP contribution < -0.4 is 14.2 Å². The van der Waals surface area contributed by atoms with Crippen LogP contribution in [0.5, 0.6) is 17.2 Å². The fourth-order valence-corrected chi connectivity index (χ4v) is 2.06. The molecule has 0 aliphatic rings. The molecule has 0 heterocycles. The van der Waals surface area contributed by atoms with E-state index in [1.165, 1.54) is 0 Å². The van der Waals surface area contributed by atoms with Crippen LogP contribution in [-0.2, 0) is 6.61 Å². The number of aliphatic hydroxyl groups is 1. The van der Waals surface area contributed by atoms with Crippen molar-refractivity contribution in [3.05, 3.63) is 59.7 Å². The second-order valence-corrected chi connectivity index (χ2v) is 4.61. The molecule has 0 unspecified atom stereocenters. The van der Waals surface area contributed by atoms with Crippen molar-refractivity contribution in [3.8, 4) is 17.2 Å². The van der Waals surface area contributed by atoms with E-state index in [0.29, 0.717) is 23.9 Å². The first-order valence-corrected chi connectivity index (χ1v) is 6.98. The van der Waals surface area contributed by atoms with Gasteiger partial charge in [0.1, 0.15) is 6.61 Å². The van der Waals surface area contributed by atoms with E-state index < -0.39 is 0 Å². The smallest absolute Gasteiger partial charge is 0.203 e. The highest BCUT2D eigenvalue weighted by Crippen LogP contribution is 2.39. The van der Waals surface area contributed by atoms with Gasteiger partial charge in [-0.15, -0.1) is 0 Å². The van der Waals surface area contributed by atoms with Crippen molar-refractivity contribution in [2.45, 2.75) is 6.61 Å². The highest BCUT2D eigenvalue weighted by Gasteiger charge is 2.13. The Kier molecular flexibility index (Phi) is 5.86. The summed E-state index contributed by atoms with van der Waals surface area (Å²) in [6.07, 6.45) is 3.45. The van der Waals surface area contributed by atoms with Crippen molar-refractivity contribution in [1.82, 2.24) is 0 Å². The molecule has 4 nitrogen and oxygen atoms in total. The van der Waals surface area contributed by atoms with E-state index in [1.54, 1.807) is 26.4 Å². The van der Waals surface area contributed by atoms with Gasteiger partial charge in [0.25, 0.3) is 0 Å². The van der Waals surface area contributed by atoms with Gasteiger partial charge in [0, 0.05) is 0 Å². The second kappa shape index (κ2) is 8.10. The van der Waals surface area contributed by atoms with E-state index in [1.807, 2.05) is 42.5 Å². The summed E-state index contributed by atoms with van der Waals surface area (Å²) in [6, 6.07) is 13.6. The average molecular weight is 300 g/mol. The van der Waals surface area contributed by atoms with Crippen molar-refractivity contribution < 1.29 is 19.3 Å². The molecule has 0 spiro atoms. The maximum Gasteiger partial charge on any atom is 0.203 e. The Balaban J connectivity index is 2.26. The van der Waals surface area contributed by atoms with Crippen molar-refractivity contribution in [2.75, 3.05) is 20.8 Å². The number of rotatable bonds is 7. The van der Waals surface area contributed by atoms with Crippen LogP contribution in [0.25, 0.3) is 6.08 Å². The van der Waals surface area contributed by atoms with Gasteiger partial charge in [-0.3, -0.25) is 0 Å². The molecule has 0 bridgehead atoms. The minimum Gasteiger partial charge on any atom is -0.493 e. The summed E-state index contributed by atoms with van der Waals surface area (Å²) in [7, 11) is 3.17. The molecule has 0 aliphatic carbocycles. The number of hydrogen-bond acceptors (Lipinski definition) is 4. The van der Waals surface area contributed by atoms with E-state index in [-0.39, 0.29) is 6.61 Å². The molecule has 0 saturated heterocycles. The van der Waals surface area contributed by atoms with Gasteiger partial charge in [-0.1, -0.05) is 42.5 Å². The van der Waals surface area contributed by atoms with E-state index >= 15 is 0 Å². The summed E-state index contributed by atoms with van der Waals surface area (Å²) in [5, 5.41) is 8.87. The third-order valence-corrected chi connectivity index (χ3v) is 3.12. The second-order valence-electron chi connectivity index (χ2n) is 4.61. The van der Waals surface area contributed by atoms with Crippen LogP contribution in [0.15, 0.2) is 48.5 Å². The van der Waals surface area contributed by atoms with Crippen molar-refractivity contribution in [2.24, 2.45) is 0 Å². The van der Waals surface area contributed by atoms with Gasteiger partial charge >= 0.3 is 0 Å². The Bertz CT molecular complexity index is 595. The topological polar surface area (TPSA) is 47.9 Å². The lowest BCUT2D eigenvalue weighted by Gasteiger charge is -2.15. The van der Waals surface area contributed by atoms with Crippen LogP contribution in [0.3, 0.4) is 0 Å². The summed E-state index contributed by atoms with van der Waals surface area (Å²) in [4.78, 5) is 0. The lowest BCUT2D eigenvalue weighted by Crippen LogP contribution is -2.00. The summed E-state index contributed by atoms with van der Waals surface area (Å²) in [6.45, 7) is 0.413.